The quantitative estimate of drug-likeness (QED) is 0.898. The Kier molecular flexibility index (Phi) is 2.64. The van der Waals surface area contributed by atoms with E-state index < -0.39 is 11.0 Å². The molecule has 6 fully saturated rings. The van der Waals surface area contributed by atoms with Gasteiger partial charge in [0.1, 0.15) is 0 Å². The fraction of sp³-hybridized carbons (Fsp3) is 0.667. The third-order valence-electron chi connectivity index (χ3n) is 7.90. The van der Waals surface area contributed by atoms with Crippen molar-refractivity contribution in [2.24, 2.45) is 23.2 Å². The van der Waals surface area contributed by atoms with E-state index in [9.17, 15) is 9.90 Å². The standard InChI is InChI=1S/C21H27NO2/c1-12-5-4-6-13(7-12)19(2,3)18(23)22-17-16-11-20(24)9-14-8-15(10-20)21(14,16)17/h4-7,14-17,24H,8-11H2,1-3H3,(H,22,23)/t14?,15?,16?,17-,20?,21?/m0/s1. The van der Waals surface area contributed by atoms with Crippen LogP contribution in [0, 0.1) is 30.1 Å². The Morgan fingerprint density at radius 2 is 1.96 bits per heavy atom. The number of hydrogen-bond donors (Lipinski definition) is 2. The largest absolute Gasteiger partial charge is 0.390 e. The van der Waals surface area contributed by atoms with E-state index in [1.54, 1.807) is 0 Å². The van der Waals surface area contributed by atoms with E-state index in [-0.39, 0.29) is 5.91 Å². The Morgan fingerprint density at radius 1 is 1.25 bits per heavy atom. The number of rotatable bonds is 3. The number of carbonyl (C=O) groups is 1. The zero-order valence-corrected chi connectivity index (χ0v) is 14.8. The molecule has 24 heavy (non-hydrogen) atoms. The summed E-state index contributed by atoms with van der Waals surface area (Å²) < 4.78 is 0. The lowest BCUT2D eigenvalue weighted by atomic mass is 9.45. The first-order chi connectivity index (χ1) is 11.3. The van der Waals surface area contributed by atoms with Gasteiger partial charge in [-0.15, -0.1) is 0 Å². The minimum Gasteiger partial charge on any atom is -0.390 e. The summed E-state index contributed by atoms with van der Waals surface area (Å²) in [5, 5.41) is 14.1. The molecule has 6 aliphatic rings. The Bertz CT molecular complexity index is 725. The zero-order chi connectivity index (χ0) is 16.9. The van der Waals surface area contributed by atoms with Crippen LogP contribution in [0.4, 0.5) is 0 Å². The molecule has 1 spiro atoms. The number of hydrogen-bond acceptors (Lipinski definition) is 2. The lowest BCUT2D eigenvalue weighted by Crippen LogP contribution is -2.59. The summed E-state index contributed by atoms with van der Waals surface area (Å²) in [6.45, 7) is 6.11. The van der Waals surface area contributed by atoms with Gasteiger partial charge in [-0.05, 0) is 69.8 Å². The van der Waals surface area contributed by atoms with E-state index in [0.717, 1.165) is 24.8 Å². The monoisotopic (exact) mass is 325 g/mol. The predicted octanol–water partition coefficient (Wildman–Crippen LogP) is 2.94. The summed E-state index contributed by atoms with van der Waals surface area (Å²) in [6, 6.07) is 8.56. The Labute approximate surface area is 143 Å². The van der Waals surface area contributed by atoms with Gasteiger partial charge in [0.2, 0.25) is 5.91 Å². The van der Waals surface area contributed by atoms with Crippen molar-refractivity contribution in [3.05, 3.63) is 35.4 Å². The van der Waals surface area contributed by atoms with Crippen molar-refractivity contribution in [2.75, 3.05) is 0 Å². The topological polar surface area (TPSA) is 49.3 Å². The number of amides is 1. The second-order valence-electron chi connectivity index (χ2n) is 9.52. The first-order valence-electron chi connectivity index (χ1n) is 9.38. The molecule has 6 aliphatic carbocycles. The molecule has 1 aromatic rings. The Hall–Kier alpha value is -1.35. The molecule has 0 heterocycles. The van der Waals surface area contributed by atoms with E-state index in [2.05, 4.69) is 30.4 Å². The number of benzene rings is 1. The fourth-order valence-electron chi connectivity index (χ4n) is 6.65. The van der Waals surface area contributed by atoms with Crippen LogP contribution < -0.4 is 5.32 Å². The summed E-state index contributed by atoms with van der Waals surface area (Å²) in [5.74, 6) is 1.95. The fourth-order valence-corrected chi connectivity index (χ4v) is 6.65. The highest BCUT2D eigenvalue weighted by atomic mass is 16.3. The van der Waals surface area contributed by atoms with Crippen LogP contribution in [0.3, 0.4) is 0 Å². The van der Waals surface area contributed by atoms with Crippen LogP contribution in [-0.2, 0) is 10.2 Å². The van der Waals surface area contributed by atoms with E-state index in [1.807, 2.05) is 19.9 Å². The normalized spacial score (nSPS) is 44.5. The van der Waals surface area contributed by atoms with Gasteiger partial charge in [0.25, 0.3) is 0 Å². The van der Waals surface area contributed by atoms with Gasteiger partial charge >= 0.3 is 0 Å². The molecule has 128 valence electrons. The lowest BCUT2D eigenvalue weighted by molar-refractivity contribution is -0.184. The highest BCUT2D eigenvalue weighted by molar-refractivity contribution is 5.88. The number of aryl methyl sites for hydroxylation is 1. The first kappa shape index (κ1) is 14.9. The first-order valence-corrected chi connectivity index (χ1v) is 9.38. The molecule has 0 aromatic heterocycles. The maximum absolute atomic E-state index is 13.1. The van der Waals surface area contributed by atoms with Crippen molar-refractivity contribution in [2.45, 2.75) is 63.5 Å². The van der Waals surface area contributed by atoms with Gasteiger partial charge in [-0.25, -0.2) is 0 Å². The molecule has 4 bridgehead atoms. The number of nitrogens with one attached hydrogen (secondary N) is 1. The van der Waals surface area contributed by atoms with Crippen LogP contribution >= 0.6 is 0 Å². The molecule has 0 saturated heterocycles. The summed E-state index contributed by atoms with van der Waals surface area (Å²) in [6.07, 6.45) is 4.10. The van der Waals surface area contributed by atoms with Crippen LogP contribution in [0.1, 0.15) is 50.7 Å². The summed E-state index contributed by atoms with van der Waals surface area (Å²) in [5.41, 5.74) is 1.67. The van der Waals surface area contributed by atoms with Crippen LogP contribution in [0.15, 0.2) is 24.3 Å². The van der Waals surface area contributed by atoms with Gasteiger partial charge in [-0.3, -0.25) is 4.79 Å². The maximum Gasteiger partial charge on any atom is 0.230 e. The van der Waals surface area contributed by atoms with E-state index in [4.69, 9.17) is 0 Å². The average Bonchev–Trinajstić information content (AvgIpc) is 3.17. The third-order valence-corrected chi connectivity index (χ3v) is 7.90. The van der Waals surface area contributed by atoms with E-state index >= 15 is 0 Å². The van der Waals surface area contributed by atoms with Crippen molar-refractivity contribution < 1.29 is 9.90 Å². The molecule has 3 nitrogen and oxygen atoms in total. The average molecular weight is 325 g/mol. The smallest absolute Gasteiger partial charge is 0.230 e. The lowest BCUT2D eigenvalue weighted by Gasteiger charge is -2.61. The minimum absolute atomic E-state index is 0.136. The van der Waals surface area contributed by atoms with Crippen molar-refractivity contribution in [3.63, 3.8) is 0 Å². The Morgan fingerprint density at radius 3 is 2.62 bits per heavy atom. The number of carbonyl (C=O) groups excluding carboxylic acids is 1. The van der Waals surface area contributed by atoms with Gasteiger partial charge in [-0.2, -0.15) is 0 Å². The van der Waals surface area contributed by atoms with Crippen LogP contribution in [0.2, 0.25) is 0 Å². The molecule has 1 aromatic carbocycles. The van der Waals surface area contributed by atoms with Crippen molar-refractivity contribution in [1.82, 2.24) is 5.32 Å². The van der Waals surface area contributed by atoms with Crippen LogP contribution in [-0.4, -0.2) is 22.7 Å². The highest BCUT2D eigenvalue weighted by Crippen LogP contribution is 2.82. The molecule has 4 atom stereocenters. The predicted molar refractivity (Wildman–Crippen MR) is 92.5 cm³/mol. The molecule has 6 saturated carbocycles. The van der Waals surface area contributed by atoms with Crippen molar-refractivity contribution in [3.8, 4) is 0 Å². The molecule has 1 amide bonds. The van der Waals surface area contributed by atoms with Gasteiger partial charge < -0.3 is 10.4 Å². The second-order valence-corrected chi connectivity index (χ2v) is 9.52. The van der Waals surface area contributed by atoms with Gasteiger partial charge in [0.05, 0.1) is 11.0 Å². The summed E-state index contributed by atoms with van der Waals surface area (Å²) in [7, 11) is 0. The SMILES string of the molecule is Cc1cccc(C(C)(C)C(=O)N[C@H]2C3CC4(O)CC5CC(C4)C532)c1. The van der Waals surface area contributed by atoms with Gasteiger partial charge in [0, 0.05) is 11.5 Å². The third kappa shape index (κ3) is 1.64. The maximum atomic E-state index is 13.1. The molecule has 3 unspecified atom stereocenters. The number of aliphatic hydroxyl groups is 1. The second kappa shape index (κ2) is 4.24. The van der Waals surface area contributed by atoms with E-state index in [0.29, 0.717) is 29.2 Å². The van der Waals surface area contributed by atoms with Gasteiger partial charge in [-0.1, -0.05) is 29.8 Å². The van der Waals surface area contributed by atoms with Gasteiger partial charge in [0.15, 0.2) is 0 Å². The van der Waals surface area contributed by atoms with Crippen molar-refractivity contribution >= 4 is 5.91 Å². The summed E-state index contributed by atoms with van der Waals surface area (Å²) >= 11 is 0. The molecule has 0 aliphatic heterocycles. The summed E-state index contributed by atoms with van der Waals surface area (Å²) in [4.78, 5) is 13.1. The van der Waals surface area contributed by atoms with Crippen LogP contribution in [0.5, 0.6) is 0 Å². The minimum atomic E-state index is -0.520. The molecule has 2 N–H and O–H groups in total. The molecule has 0 radical (unpaired) electrons. The highest BCUT2D eigenvalue weighted by Gasteiger charge is 2.83. The molecular weight excluding hydrogens is 298 g/mol. The zero-order valence-electron chi connectivity index (χ0n) is 14.8. The van der Waals surface area contributed by atoms with E-state index in [1.165, 1.54) is 12.0 Å². The Balaban J connectivity index is 1.37. The molecule has 3 heteroatoms. The van der Waals surface area contributed by atoms with Crippen LogP contribution in [0.25, 0.3) is 0 Å². The molecular formula is C21H27NO2. The molecule has 7 rings (SSSR count). The van der Waals surface area contributed by atoms with Crippen molar-refractivity contribution in [1.29, 1.82) is 0 Å².